The molecule has 0 aromatic heterocycles. The summed E-state index contributed by atoms with van der Waals surface area (Å²) in [6.07, 6.45) is 0.626. The van der Waals surface area contributed by atoms with Gasteiger partial charge >= 0.3 is 0 Å². The maximum Gasteiger partial charge on any atom is 0.123 e. The predicted molar refractivity (Wildman–Crippen MR) is 63.9 cm³/mol. The van der Waals surface area contributed by atoms with E-state index in [1.807, 2.05) is 6.07 Å². The van der Waals surface area contributed by atoms with Crippen molar-refractivity contribution < 1.29 is 13.9 Å². The molecule has 0 amide bonds. The van der Waals surface area contributed by atoms with Gasteiger partial charge in [0.1, 0.15) is 5.82 Å². The van der Waals surface area contributed by atoms with Gasteiger partial charge < -0.3 is 9.47 Å². The van der Waals surface area contributed by atoms with Crippen molar-refractivity contribution in [1.82, 2.24) is 5.43 Å². The average Bonchev–Trinajstić information content (AvgIpc) is 2.33. The van der Waals surface area contributed by atoms with Gasteiger partial charge in [-0.1, -0.05) is 12.1 Å². The van der Waals surface area contributed by atoms with E-state index in [2.05, 4.69) is 5.43 Å². The van der Waals surface area contributed by atoms with Crippen LogP contribution < -0.4 is 11.3 Å². The van der Waals surface area contributed by atoms with E-state index in [9.17, 15) is 4.39 Å². The molecule has 17 heavy (non-hydrogen) atoms. The standard InChI is InChI=1S/C12H19FN2O2/c1-16-5-6-17-9-12(15-14)8-10-3-2-4-11(13)7-10/h2-4,7,12,15H,5-6,8-9,14H2,1H3. The van der Waals surface area contributed by atoms with Gasteiger partial charge in [0.05, 0.1) is 19.8 Å². The lowest BCUT2D eigenvalue weighted by Crippen LogP contribution is -2.40. The largest absolute Gasteiger partial charge is 0.382 e. The van der Waals surface area contributed by atoms with E-state index in [1.54, 1.807) is 13.2 Å². The summed E-state index contributed by atoms with van der Waals surface area (Å²) in [4.78, 5) is 0. The quantitative estimate of drug-likeness (QED) is 0.403. The molecule has 0 radical (unpaired) electrons. The molecule has 0 saturated carbocycles. The zero-order valence-electron chi connectivity index (χ0n) is 9.99. The van der Waals surface area contributed by atoms with Crippen LogP contribution in [0.4, 0.5) is 4.39 Å². The molecule has 0 saturated heterocycles. The lowest BCUT2D eigenvalue weighted by atomic mass is 10.1. The van der Waals surface area contributed by atoms with Crippen molar-refractivity contribution in [3.63, 3.8) is 0 Å². The van der Waals surface area contributed by atoms with Crippen LogP contribution in [0.1, 0.15) is 5.56 Å². The predicted octanol–water partition coefficient (Wildman–Crippen LogP) is 0.863. The monoisotopic (exact) mass is 242 g/mol. The molecule has 0 aliphatic carbocycles. The van der Waals surface area contributed by atoms with Crippen molar-refractivity contribution in [3.05, 3.63) is 35.6 Å². The molecule has 0 bridgehead atoms. The molecule has 96 valence electrons. The molecule has 1 aromatic rings. The average molecular weight is 242 g/mol. The van der Waals surface area contributed by atoms with Crippen LogP contribution in [0.25, 0.3) is 0 Å². The van der Waals surface area contributed by atoms with Crippen molar-refractivity contribution in [1.29, 1.82) is 0 Å². The van der Waals surface area contributed by atoms with Crippen molar-refractivity contribution in [3.8, 4) is 0 Å². The van der Waals surface area contributed by atoms with E-state index in [0.29, 0.717) is 26.2 Å². The molecule has 0 spiro atoms. The Labute approximate surface area is 101 Å². The summed E-state index contributed by atoms with van der Waals surface area (Å²) in [6.45, 7) is 1.55. The van der Waals surface area contributed by atoms with Crippen LogP contribution in [0.3, 0.4) is 0 Å². The van der Waals surface area contributed by atoms with Gasteiger partial charge in [0.2, 0.25) is 0 Å². The summed E-state index contributed by atoms with van der Waals surface area (Å²) in [6, 6.07) is 6.43. The molecule has 0 aliphatic rings. The second-order valence-electron chi connectivity index (χ2n) is 3.77. The van der Waals surface area contributed by atoms with Crippen LogP contribution in [-0.2, 0) is 15.9 Å². The number of nitrogens with one attached hydrogen (secondary N) is 1. The molecule has 0 heterocycles. The SMILES string of the molecule is COCCOCC(Cc1cccc(F)c1)NN. The Morgan fingerprint density at radius 2 is 2.24 bits per heavy atom. The van der Waals surface area contributed by atoms with Gasteiger partial charge in [-0.2, -0.15) is 0 Å². The first kappa shape index (κ1) is 14.1. The highest BCUT2D eigenvalue weighted by Crippen LogP contribution is 2.06. The van der Waals surface area contributed by atoms with Gasteiger partial charge in [0.25, 0.3) is 0 Å². The van der Waals surface area contributed by atoms with Crippen molar-refractivity contribution in [2.45, 2.75) is 12.5 Å². The molecule has 0 aliphatic heterocycles. The number of hydrogen-bond acceptors (Lipinski definition) is 4. The summed E-state index contributed by atoms with van der Waals surface area (Å²) >= 11 is 0. The minimum absolute atomic E-state index is 0.0337. The first-order valence-electron chi connectivity index (χ1n) is 5.53. The minimum Gasteiger partial charge on any atom is -0.382 e. The molecule has 3 N–H and O–H groups in total. The van der Waals surface area contributed by atoms with Crippen LogP contribution in [0.2, 0.25) is 0 Å². The third kappa shape index (κ3) is 5.74. The van der Waals surface area contributed by atoms with Crippen LogP contribution in [0.5, 0.6) is 0 Å². The second-order valence-corrected chi connectivity index (χ2v) is 3.77. The third-order valence-corrected chi connectivity index (χ3v) is 2.36. The fourth-order valence-electron chi connectivity index (χ4n) is 1.48. The Hall–Kier alpha value is -1.01. The van der Waals surface area contributed by atoms with Crippen LogP contribution >= 0.6 is 0 Å². The van der Waals surface area contributed by atoms with E-state index >= 15 is 0 Å². The highest BCUT2D eigenvalue weighted by Gasteiger charge is 2.08. The summed E-state index contributed by atoms with van der Waals surface area (Å²) in [5.41, 5.74) is 3.55. The molecule has 1 aromatic carbocycles. The summed E-state index contributed by atoms with van der Waals surface area (Å²) in [7, 11) is 1.62. The van der Waals surface area contributed by atoms with Gasteiger partial charge in [-0.25, -0.2) is 4.39 Å². The molecule has 4 nitrogen and oxygen atoms in total. The number of nitrogens with two attached hydrogens (primary N) is 1. The smallest absolute Gasteiger partial charge is 0.123 e. The number of halogens is 1. The van der Waals surface area contributed by atoms with Crippen molar-refractivity contribution >= 4 is 0 Å². The molecule has 5 heteroatoms. The number of hydrogen-bond donors (Lipinski definition) is 2. The number of benzene rings is 1. The maximum absolute atomic E-state index is 13.0. The first-order valence-corrected chi connectivity index (χ1v) is 5.53. The van der Waals surface area contributed by atoms with Crippen molar-refractivity contribution in [2.75, 3.05) is 26.9 Å². The van der Waals surface area contributed by atoms with Crippen LogP contribution in [-0.4, -0.2) is 33.0 Å². The van der Waals surface area contributed by atoms with Crippen molar-refractivity contribution in [2.24, 2.45) is 5.84 Å². The van der Waals surface area contributed by atoms with E-state index in [0.717, 1.165) is 5.56 Å². The summed E-state index contributed by atoms with van der Waals surface area (Å²) in [5.74, 6) is 5.18. The van der Waals surface area contributed by atoms with Crippen LogP contribution in [0, 0.1) is 5.82 Å². The molecular formula is C12H19FN2O2. The Balaban J connectivity index is 2.35. The van der Waals surface area contributed by atoms with Crippen LogP contribution in [0.15, 0.2) is 24.3 Å². The van der Waals surface area contributed by atoms with E-state index in [1.165, 1.54) is 12.1 Å². The van der Waals surface area contributed by atoms with Gasteiger partial charge in [-0.05, 0) is 24.1 Å². The lowest BCUT2D eigenvalue weighted by molar-refractivity contribution is 0.0587. The first-order chi connectivity index (χ1) is 8.26. The Kier molecular flexibility index (Phi) is 6.73. The normalized spacial score (nSPS) is 12.6. The number of rotatable bonds is 8. The maximum atomic E-state index is 13.0. The zero-order valence-corrected chi connectivity index (χ0v) is 9.99. The Morgan fingerprint density at radius 3 is 2.88 bits per heavy atom. The van der Waals surface area contributed by atoms with E-state index < -0.39 is 0 Å². The third-order valence-electron chi connectivity index (χ3n) is 2.36. The minimum atomic E-state index is -0.237. The molecular weight excluding hydrogens is 223 g/mol. The lowest BCUT2D eigenvalue weighted by Gasteiger charge is -2.16. The fraction of sp³-hybridized carbons (Fsp3) is 0.500. The van der Waals surface area contributed by atoms with Gasteiger partial charge in [-0.15, -0.1) is 0 Å². The molecule has 0 fully saturated rings. The Bertz CT molecular complexity index is 323. The summed E-state index contributed by atoms with van der Waals surface area (Å²) < 4.78 is 23.2. The van der Waals surface area contributed by atoms with Gasteiger partial charge in [0, 0.05) is 13.2 Å². The zero-order chi connectivity index (χ0) is 12.5. The number of methoxy groups -OCH3 is 1. The fourth-order valence-corrected chi connectivity index (χ4v) is 1.48. The molecule has 1 unspecified atom stereocenters. The van der Waals surface area contributed by atoms with E-state index in [4.69, 9.17) is 15.3 Å². The molecule has 1 rings (SSSR count). The van der Waals surface area contributed by atoms with Gasteiger partial charge in [0.15, 0.2) is 0 Å². The topological polar surface area (TPSA) is 56.5 Å². The highest BCUT2D eigenvalue weighted by atomic mass is 19.1. The number of ether oxygens (including phenoxy) is 2. The second kappa shape index (κ2) is 8.14. The Morgan fingerprint density at radius 1 is 1.41 bits per heavy atom. The molecule has 1 atom stereocenters. The summed E-state index contributed by atoms with van der Waals surface area (Å²) in [5, 5.41) is 0. The highest BCUT2D eigenvalue weighted by molar-refractivity contribution is 5.17. The van der Waals surface area contributed by atoms with E-state index in [-0.39, 0.29) is 11.9 Å². The van der Waals surface area contributed by atoms with Gasteiger partial charge in [-0.3, -0.25) is 11.3 Å². The number of hydrazine groups is 1.